The number of carbonyl (C=O) groups is 2. The Bertz CT molecular complexity index is 678. The molecule has 0 fully saturated rings. The third-order valence-corrected chi connectivity index (χ3v) is 3.55. The van der Waals surface area contributed by atoms with Gasteiger partial charge in [-0.05, 0) is 43.5 Å². The number of benzene rings is 1. The second-order valence-corrected chi connectivity index (χ2v) is 5.77. The Morgan fingerprint density at radius 1 is 1.29 bits per heavy atom. The second kappa shape index (κ2) is 6.76. The number of hydrogen-bond donors (Lipinski definition) is 2. The minimum absolute atomic E-state index is 0.119. The van der Waals surface area contributed by atoms with Crippen LogP contribution in [0.15, 0.2) is 27.1 Å². The summed E-state index contributed by atoms with van der Waals surface area (Å²) in [6, 6.07) is 5.54. The van der Waals surface area contributed by atoms with Gasteiger partial charge in [-0.15, -0.1) is 0 Å². The lowest BCUT2D eigenvalue weighted by Crippen LogP contribution is -2.24. The molecule has 1 amide bonds. The fourth-order valence-electron chi connectivity index (χ4n) is 2.09. The van der Waals surface area contributed by atoms with Crippen LogP contribution in [0, 0.1) is 6.92 Å². The summed E-state index contributed by atoms with van der Waals surface area (Å²) in [6.07, 6.45) is 1.29. The summed E-state index contributed by atoms with van der Waals surface area (Å²) >= 11 is 3.41. The van der Waals surface area contributed by atoms with E-state index >= 15 is 0 Å². The van der Waals surface area contributed by atoms with E-state index in [2.05, 4.69) is 21.2 Å². The average Bonchev–Trinajstić information content (AvgIpc) is 2.82. The van der Waals surface area contributed by atoms with Gasteiger partial charge in [0.15, 0.2) is 5.76 Å². The number of carboxylic acids is 1. The zero-order valence-corrected chi connectivity index (χ0v) is 13.2. The number of hydrogen-bond acceptors (Lipinski definition) is 3. The molecular formula is C15H16BrNO4. The fraction of sp³-hybridized carbons (Fsp3) is 0.333. The summed E-state index contributed by atoms with van der Waals surface area (Å²) in [6.45, 7) is 2.36. The van der Waals surface area contributed by atoms with Crippen LogP contribution in [-0.2, 0) is 4.79 Å². The highest BCUT2D eigenvalue weighted by Crippen LogP contribution is 2.26. The second-order valence-electron chi connectivity index (χ2n) is 4.86. The number of aliphatic carboxylic acids is 1. The third kappa shape index (κ3) is 4.07. The molecule has 0 aliphatic rings. The molecule has 2 rings (SSSR count). The standard InChI is InChI=1S/C15H16BrNO4/c1-9-6-11(16)7-10-8-12(21-14(9)10)15(20)17-5-3-2-4-13(18)19/h6-8H,2-5H2,1H3,(H,17,20)(H,18,19). The first kappa shape index (κ1) is 15.6. The number of fused-ring (bicyclic) bond motifs is 1. The summed E-state index contributed by atoms with van der Waals surface area (Å²) in [5.74, 6) is -0.832. The number of furan rings is 1. The van der Waals surface area contributed by atoms with Gasteiger partial charge in [0.1, 0.15) is 5.58 Å². The van der Waals surface area contributed by atoms with Crippen molar-refractivity contribution in [3.05, 3.63) is 34.0 Å². The van der Waals surface area contributed by atoms with Gasteiger partial charge in [-0.1, -0.05) is 15.9 Å². The summed E-state index contributed by atoms with van der Waals surface area (Å²) in [5.41, 5.74) is 1.66. The van der Waals surface area contributed by atoms with Crippen LogP contribution < -0.4 is 5.32 Å². The molecule has 112 valence electrons. The largest absolute Gasteiger partial charge is 0.481 e. The number of carboxylic acid groups (broad SMARTS) is 1. The summed E-state index contributed by atoms with van der Waals surface area (Å²) in [5, 5.41) is 12.1. The summed E-state index contributed by atoms with van der Waals surface area (Å²) in [7, 11) is 0. The molecule has 2 aromatic rings. The first-order chi connectivity index (χ1) is 9.97. The number of aryl methyl sites for hydroxylation is 1. The molecule has 1 aromatic carbocycles. The van der Waals surface area contributed by atoms with Crippen LogP contribution in [0.3, 0.4) is 0 Å². The Morgan fingerprint density at radius 2 is 2.05 bits per heavy atom. The predicted octanol–water partition coefficient (Wildman–Crippen LogP) is 3.49. The van der Waals surface area contributed by atoms with Crippen LogP contribution in [0.2, 0.25) is 0 Å². The molecule has 0 bridgehead atoms. The molecule has 0 aliphatic heterocycles. The SMILES string of the molecule is Cc1cc(Br)cc2cc(C(=O)NCCCCC(=O)O)oc12. The number of amides is 1. The molecule has 0 saturated heterocycles. The maximum Gasteiger partial charge on any atom is 0.303 e. The Kier molecular flexibility index (Phi) is 5.01. The van der Waals surface area contributed by atoms with E-state index in [1.54, 1.807) is 6.07 Å². The van der Waals surface area contributed by atoms with Gasteiger partial charge in [-0.3, -0.25) is 9.59 Å². The molecule has 21 heavy (non-hydrogen) atoms. The van der Waals surface area contributed by atoms with E-state index in [0.717, 1.165) is 15.4 Å². The third-order valence-electron chi connectivity index (χ3n) is 3.09. The van der Waals surface area contributed by atoms with Crippen molar-refractivity contribution in [3.63, 3.8) is 0 Å². The van der Waals surface area contributed by atoms with Crippen molar-refractivity contribution in [2.75, 3.05) is 6.54 Å². The van der Waals surface area contributed by atoms with Crippen molar-refractivity contribution in [1.82, 2.24) is 5.32 Å². The zero-order chi connectivity index (χ0) is 15.4. The van der Waals surface area contributed by atoms with Crippen molar-refractivity contribution in [2.45, 2.75) is 26.2 Å². The first-order valence-electron chi connectivity index (χ1n) is 6.67. The first-order valence-corrected chi connectivity index (χ1v) is 7.46. The van der Waals surface area contributed by atoms with E-state index in [0.29, 0.717) is 25.0 Å². The van der Waals surface area contributed by atoms with E-state index in [1.807, 2.05) is 19.1 Å². The Hall–Kier alpha value is -1.82. The minimum Gasteiger partial charge on any atom is -0.481 e. The molecule has 1 heterocycles. The molecule has 5 nitrogen and oxygen atoms in total. The Labute approximate surface area is 130 Å². The fourth-order valence-corrected chi connectivity index (χ4v) is 2.68. The van der Waals surface area contributed by atoms with E-state index in [-0.39, 0.29) is 18.1 Å². The molecule has 1 aromatic heterocycles. The van der Waals surface area contributed by atoms with Gasteiger partial charge in [-0.25, -0.2) is 0 Å². The van der Waals surface area contributed by atoms with Gasteiger partial charge in [0.2, 0.25) is 0 Å². The number of rotatable bonds is 6. The maximum absolute atomic E-state index is 12.0. The van der Waals surface area contributed by atoms with E-state index in [4.69, 9.17) is 9.52 Å². The number of unbranched alkanes of at least 4 members (excludes halogenated alkanes) is 1. The lowest BCUT2D eigenvalue weighted by Gasteiger charge is -2.01. The van der Waals surface area contributed by atoms with Crippen LogP contribution >= 0.6 is 15.9 Å². The van der Waals surface area contributed by atoms with E-state index < -0.39 is 5.97 Å². The minimum atomic E-state index is -0.820. The van der Waals surface area contributed by atoms with E-state index in [9.17, 15) is 9.59 Å². The monoisotopic (exact) mass is 353 g/mol. The van der Waals surface area contributed by atoms with Crippen molar-refractivity contribution >= 4 is 38.8 Å². The lowest BCUT2D eigenvalue weighted by molar-refractivity contribution is -0.137. The Morgan fingerprint density at radius 3 is 2.76 bits per heavy atom. The molecule has 0 radical (unpaired) electrons. The van der Waals surface area contributed by atoms with Crippen molar-refractivity contribution < 1.29 is 19.1 Å². The maximum atomic E-state index is 12.0. The van der Waals surface area contributed by atoms with Crippen LogP contribution in [-0.4, -0.2) is 23.5 Å². The van der Waals surface area contributed by atoms with Crippen LogP contribution in [0.5, 0.6) is 0 Å². The van der Waals surface area contributed by atoms with E-state index in [1.165, 1.54) is 0 Å². The van der Waals surface area contributed by atoms with Crippen molar-refractivity contribution in [3.8, 4) is 0 Å². The van der Waals surface area contributed by atoms with Crippen LogP contribution in [0.1, 0.15) is 35.4 Å². The predicted molar refractivity (Wildman–Crippen MR) is 82.5 cm³/mol. The molecule has 0 unspecified atom stereocenters. The molecule has 2 N–H and O–H groups in total. The zero-order valence-electron chi connectivity index (χ0n) is 11.6. The highest BCUT2D eigenvalue weighted by Gasteiger charge is 2.13. The molecule has 6 heteroatoms. The quantitative estimate of drug-likeness (QED) is 0.779. The Balaban J connectivity index is 1.97. The average molecular weight is 354 g/mol. The van der Waals surface area contributed by atoms with Gasteiger partial charge >= 0.3 is 5.97 Å². The molecular weight excluding hydrogens is 338 g/mol. The van der Waals surface area contributed by atoms with Crippen LogP contribution in [0.4, 0.5) is 0 Å². The summed E-state index contributed by atoms with van der Waals surface area (Å²) in [4.78, 5) is 22.3. The van der Waals surface area contributed by atoms with Gasteiger partial charge in [0.05, 0.1) is 0 Å². The van der Waals surface area contributed by atoms with Crippen LogP contribution in [0.25, 0.3) is 11.0 Å². The highest BCUT2D eigenvalue weighted by molar-refractivity contribution is 9.10. The van der Waals surface area contributed by atoms with Crippen molar-refractivity contribution in [2.24, 2.45) is 0 Å². The molecule has 0 spiro atoms. The molecule has 0 saturated carbocycles. The van der Waals surface area contributed by atoms with Gasteiger partial charge in [0, 0.05) is 22.8 Å². The lowest BCUT2D eigenvalue weighted by atomic mass is 10.2. The smallest absolute Gasteiger partial charge is 0.303 e. The number of carbonyl (C=O) groups excluding carboxylic acids is 1. The highest BCUT2D eigenvalue weighted by atomic mass is 79.9. The molecule has 0 atom stereocenters. The number of nitrogens with one attached hydrogen (secondary N) is 1. The van der Waals surface area contributed by atoms with Crippen molar-refractivity contribution in [1.29, 1.82) is 0 Å². The normalized spacial score (nSPS) is 10.8. The van der Waals surface area contributed by atoms with Gasteiger partial charge in [-0.2, -0.15) is 0 Å². The topological polar surface area (TPSA) is 79.5 Å². The summed E-state index contributed by atoms with van der Waals surface area (Å²) < 4.78 is 6.52. The molecule has 0 aliphatic carbocycles. The van der Waals surface area contributed by atoms with Gasteiger partial charge in [0.25, 0.3) is 5.91 Å². The number of halogens is 1. The van der Waals surface area contributed by atoms with Gasteiger partial charge < -0.3 is 14.8 Å².